The van der Waals surface area contributed by atoms with Crippen LogP contribution in [0.3, 0.4) is 0 Å². The second-order valence-electron chi connectivity index (χ2n) is 8.22. The zero-order chi connectivity index (χ0) is 17.8. The number of rotatable bonds is 2. The number of ketones is 1. The van der Waals surface area contributed by atoms with Crippen LogP contribution >= 0.6 is 0 Å². The molecule has 2 aromatic rings. The number of benzene rings is 1. The zero-order valence-corrected chi connectivity index (χ0v) is 15.4. The summed E-state index contributed by atoms with van der Waals surface area (Å²) in [4.78, 5) is 12.3. The Bertz CT molecular complexity index is 811. The van der Waals surface area contributed by atoms with E-state index in [4.69, 9.17) is 9.31 Å². The SMILES string of the molecule is CC1(C)OB(c2ccc3c(cnn3C3CCCCC3=O)c2)OC1(C)C. The molecule has 6 heteroatoms. The smallest absolute Gasteiger partial charge is 0.399 e. The summed E-state index contributed by atoms with van der Waals surface area (Å²) in [6.45, 7) is 8.22. The van der Waals surface area contributed by atoms with E-state index in [1.54, 1.807) is 0 Å². The number of nitrogens with zero attached hydrogens (tertiary/aromatic N) is 2. The Balaban J connectivity index is 1.66. The molecule has 1 unspecified atom stereocenters. The Labute approximate surface area is 148 Å². The normalized spacial score (nSPS) is 25.7. The molecule has 2 heterocycles. The van der Waals surface area contributed by atoms with Gasteiger partial charge in [0.2, 0.25) is 0 Å². The van der Waals surface area contributed by atoms with Crippen molar-refractivity contribution in [3.8, 4) is 0 Å². The fourth-order valence-electron chi connectivity index (χ4n) is 3.67. The van der Waals surface area contributed by atoms with Crippen molar-refractivity contribution in [2.24, 2.45) is 0 Å². The average molecular weight is 340 g/mol. The van der Waals surface area contributed by atoms with Crippen LogP contribution in [0.5, 0.6) is 0 Å². The number of fused-ring (bicyclic) bond motifs is 1. The van der Waals surface area contributed by atoms with Crippen molar-refractivity contribution in [1.29, 1.82) is 0 Å². The van der Waals surface area contributed by atoms with E-state index in [1.807, 2.05) is 23.0 Å². The fourth-order valence-corrected chi connectivity index (χ4v) is 3.67. The van der Waals surface area contributed by atoms with Gasteiger partial charge in [-0.3, -0.25) is 9.48 Å². The molecule has 0 bridgehead atoms. The molecule has 0 radical (unpaired) electrons. The van der Waals surface area contributed by atoms with E-state index < -0.39 is 0 Å². The van der Waals surface area contributed by atoms with Crippen LogP contribution in [0.2, 0.25) is 0 Å². The minimum Gasteiger partial charge on any atom is -0.399 e. The molecule has 1 saturated carbocycles. The first-order chi connectivity index (χ1) is 11.8. The van der Waals surface area contributed by atoms with Gasteiger partial charge >= 0.3 is 7.12 Å². The van der Waals surface area contributed by atoms with E-state index in [9.17, 15) is 4.79 Å². The lowest BCUT2D eigenvalue weighted by atomic mass is 9.78. The lowest BCUT2D eigenvalue weighted by molar-refractivity contribution is -0.124. The number of hydrogen-bond donors (Lipinski definition) is 0. The minimum absolute atomic E-state index is 0.117. The molecule has 2 aliphatic rings. The van der Waals surface area contributed by atoms with E-state index in [0.717, 1.165) is 35.6 Å². The van der Waals surface area contributed by atoms with Crippen LogP contribution in [0.15, 0.2) is 24.4 Å². The largest absolute Gasteiger partial charge is 0.494 e. The van der Waals surface area contributed by atoms with E-state index in [0.29, 0.717) is 12.2 Å². The van der Waals surface area contributed by atoms with Gasteiger partial charge in [-0.1, -0.05) is 18.6 Å². The van der Waals surface area contributed by atoms with Gasteiger partial charge in [0, 0.05) is 11.8 Å². The summed E-state index contributed by atoms with van der Waals surface area (Å²) in [6, 6.07) is 6.00. The van der Waals surface area contributed by atoms with E-state index in [2.05, 4.69) is 38.9 Å². The standard InChI is InChI=1S/C19H25BN2O3/c1-18(2)19(3,4)25-20(24-18)14-9-10-15-13(11-14)12-21-22(15)16-7-5-6-8-17(16)23/h9-12,16H,5-8H2,1-4H3. The van der Waals surface area contributed by atoms with Gasteiger partial charge in [0.05, 0.1) is 22.9 Å². The van der Waals surface area contributed by atoms with Gasteiger partial charge in [-0.15, -0.1) is 0 Å². The first-order valence-electron chi connectivity index (χ1n) is 9.14. The van der Waals surface area contributed by atoms with Crippen molar-refractivity contribution in [3.05, 3.63) is 24.4 Å². The molecule has 1 saturated heterocycles. The number of carbonyl (C=O) groups excluding carboxylic acids is 1. The summed E-state index contributed by atoms with van der Waals surface area (Å²) in [5, 5.41) is 5.53. The van der Waals surface area contributed by atoms with Gasteiger partial charge in [-0.2, -0.15) is 5.10 Å². The van der Waals surface area contributed by atoms with Crippen LogP contribution in [-0.4, -0.2) is 33.9 Å². The van der Waals surface area contributed by atoms with Gasteiger partial charge < -0.3 is 9.31 Å². The molecule has 1 atom stereocenters. The van der Waals surface area contributed by atoms with Crippen molar-refractivity contribution in [2.45, 2.75) is 70.6 Å². The van der Waals surface area contributed by atoms with Crippen LogP contribution < -0.4 is 5.46 Å². The molecule has 1 aliphatic carbocycles. The molecule has 1 aliphatic heterocycles. The second-order valence-corrected chi connectivity index (χ2v) is 8.22. The monoisotopic (exact) mass is 340 g/mol. The highest BCUT2D eigenvalue weighted by atomic mass is 16.7. The quantitative estimate of drug-likeness (QED) is 0.789. The summed E-state index contributed by atoms with van der Waals surface area (Å²) >= 11 is 0. The minimum atomic E-state index is -0.380. The molecule has 0 amide bonds. The van der Waals surface area contributed by atoms with Gasteiger partial charge in [0.25, 0.3) is 0 Å². The maximum absolute atomic E-state index is 12.3. The summed E-state index contributed by atoms with van der Waals surface area (Å²) in [6.07, 6.45) is 5.48. The lowest BCUT2D eigenvalue weighted by Gasteiger charge is -2.32. The van der Waals surface area contributed by atoms with Crippen LogP contribution in [-0.2, 0) is 14.1 Å². The first kappa shape index (κ1) is 16.8. The maximum Gasteiger partial charge on any atom is 0.494 e. The molecule has 0 spiro atoms. The number of aromatic nitrogens is 2. The number of hydrogen-bond acceptors (Lipinski definition) is 4. The summed E-state index contributed by atoms with van der Waals surface area (Å²) in [5.41, 5.74) is 1.28. The number of Topliss-reactive ketones (excluding diaryl/α,β-unsaturated/α-hetero) is 1. The van der Waals surface area contributed by atoms with Crippen LogP contribution in [0, 0.1) is 0 Å². The van der Waals surface area contributed by atoms with Crippen molar-refractivity contribution >= 4 is 29.3 Å². The molecule has 5 nitrogen and oxygen atoms in total. The Hall–Kier alpha value is -1.66. The Morgan fingerprint density at radius 3 is 2.56 bits per heavy atom. The Morgan fingerprint density at radius 2 is 1.88 bits per heavy atom. The summed E-state index contributed by atoms with van der Waals surface area (Å²) in [5.74, 6) is 0.297. The second kappa shape index (κ2) is 5.68. The number of carbonyl (C=O) groups is 1. The van der Waals surface area contributed by atoms with Crippen molar-refractivity contribution < 1.29 is 14.1 Å². The van der Waals surface area contributed by atoms with Gasteiger partial charge in [-0.25, -0.2) is 0 Å². The van der Waals surface area contributed by atoms with E-state index in [-0.39, 0.29) is 24.4 Å². The Morgan fingerprint density at radius 1 is 1.16 bits per heavy atom. The Kier molecular flexibility index (Phi) is 3.81. The maximum atomic E-state index is 12.3. The molecular formula is C19H25BN2O3. The van der Waals surface area contributed by atoms with Crippen LogP contribution in [0.25, 0.3) is 10.9 Å². The molecule has 1 aromatic carbocycles. The molecule has 4 rings (SSSR count). The molecule has 25 heavy (non-hydrogen) atoms. The van der Waals surface area contributed by atoms with Crippen molar-refractivity contribution in [2.75, 3.05) is 0 Å². The highest BCUT2D eigenvalue weighted by Gasteiger charge is 2.51. The molecule has 0 N–H and O–H groups in total. The van der Waals surface area contributed by atoms with Crippen LogP contribution in [0.4, 0.5) is 0 Å². The summed E-state index contributed by atoms with van der Waals surface area (Å²) in [7, 11) is -0.380. The average Bonchev–Trinajstić information content (AvgIpc) is 3.05. The van der Waals surface area contributed by atoms with Crippen molar-refractivity contribution in [1.82, 2.24) is 9.78 Å². The molecule has 1 aromatic heterocycles. The topological polar surface area (TPSA) is 53.4 Å². The highest BCUT2D eigenvalue weighted by molar-refractivity contribution is 6.62. The van der Waals surface area contributed by atoms with Gasteiger partial charge in [0.15, 0.2) is 5.78 Å². The third-order valence-electron chi connectivity index (χ3n) is 5.96. The summed E-state index contributed by atoms with van der Waals surface area (Å²) < 4.78 is 14.2. The van der Waals surface area contributed by atoms with Gasteiger partial charge in [-0.05, 0) is 52.1 Å². The van der Waals surface area contributed by atoms with Crippen molar-refractivity contribution in [3.63, 3.8) is 0 Å². The third kappa shape index (κ3) is 2.72. The molecular weight excluding hydrogens is 315 g/mol. The highest BCUT2D eigenvalue weighted by Crippen LogP contribution is 2.36. The molecule has 132 valence electrons. The predicted molar refractivity (Wildman–Crippen MR) is 98.0 cm³/mol. The predicted octanol–water partition coefficient (Wildman–Crippen LogP) is 3.02. The first-order valence-corrected chi connectivity index (χ1v) is 9.14. The lowest BCUT2D eigenvalue weighted by Crippen LogP contribution is -2.41. The molecule has 2 fully saturated rings. The van der Waals surface area contributed by atoms with E-state index >= 15 is 0 Å². The van der Waals surface area contributed by atoms with E-state index in [1.165, 1.54) is 0 Å². The fraction of sp³-hybridized carbons (Fsp3) is 0.579. The van der Waals surface area contributed by atoms with Gasteiger partial charge in [0.1, 0.15) is 6.04 Å². The third-order valence-corrected chi connectivity index (χ3v) is 5.96. The zero-order valence-electron chi connectivity index (χ0n) is 15.4. The van der Waals surface area contributed by atoms with Crippen LogP contribution in [0.1, 0.15) is 59.4 Å².